The van der Waals surface area contributed by atoms with E-state index >= 15 is 0 Å². The van der Waals surface area contributed by atoms with Crippen LogP contribution in [0.1, 0.15) is 22.3 Å². The molecule has 6 nitrogen and oxygen atoms in total. The van der Waals surface area contributed by atoms with E-state index in [0.29, 0.717) is 5.69 Å². The van der Waals surface area contributed by atoms with E-state index in [1.54, 1.807) is 0 Å². The first-order valence-corrected chi connectivity index (χ1v) is 23.3. The fourth-order valence-corrected chi connectivity index (χ4v) is 12.9. The maximum absolute atomic E-state index is 7.80. The quantitative estimate of drug-likeness (QED) is 0.166. The van der Waals surface area contributed by atoms with Crippen LogP contribution < -0.4 is 0 Å². The first-order chi connectivity index (χ1) is 33.2. The molecular weight excluding hydrogens is 837 g/mol. The van der Waals surface area contributed by atoms with Crippen molar-refractivity contribution in [3.8, 4) is 28.5 Å². The molecule has 0 amide bonds. The SMILES string of the molecule is [C-]#[N+]c1ccc2c(c1)c1ccccc1n2-c1ccc2c(c1)C1(c3cc(-n4c5ccccc5c5cc(-n6c7ccccc7c7ccccc76)ccc54)ccc3S2)c2cccnc2-c2ncccc21. The summed E-state index contributed by atoms with van der Waals surface area (Å²) in [5.74, 6) is 0. The van der Waals surface area contributed by atoms with Crippen molar-refractivity contribution < 1.29 is 0 Å². The van der Waals surface area contributed by atoms with Gasteiger partial charge in [0.15, 0.2) is 5.69 Å². The second-order valence-electron chi connectivity index (χ2n) is 17.6. The van der Waals surface area contributed by atoms with E-state index in [4.69, 9.17) is 16.5 Å². The van der Waals surface area contributed by atoms with Crippen molar-refractivity contribution >= 4 is 82.9 Å². The lowest BCUT2D eigenvalue weighted by Gasteiger charge is -2.39. The molecule has 0 unspecified atom stereocenters. The molecule has 310 valence electrons. The lowest BCUT2D eigenvalue weighted by atomic mass is 9.67. The third kappa shape index (κ3) is 4.79. The fourth-order valence-electron chi connectivity index (χ4n) is 11.7. The van der Waals surface area contributed by atoms with Crippen LogP contribution in [-0.4, -0.2) is 23.7 Å². The maximum Gasteiger partial charge on any atom is 0.188 e. The monoisotopic (exact) mass is 870 g/mol. The molecule has 0 radical (unpaired) electrons. The minimum absolute atomic E-state index is 0.634. The number of benzene rings is 8. The molecule has 13 aromatic rings. The number of hydrogen-bond donors (Lipinski definition) is 0. The van der Waals surface area contributed by atoms with Crippen LogP contribution in [-0.2, 0) is 5.41 Å². The van der Waals surface area contributed by atoms with Crippen LogP contribution in [0.15, 0.2) is 216 Å². The molecule has 0 saturated heterocycles. The Hall–Kier alpha value is -8.70. The molecule has 15 rings (SSSR count). The van der Waals surface area contributed by atoms with Crippen molar-refractivity contribution in [2.75, 3.05) is 0 Å². The van der Waals surface area contributed by atoms with Gasteiger partial charge in [0.1, 0.15) is 0 Å². The number of fused-ring (bicyclic) bond motifs is 18. The lowest BCUT2D eigenvalue weighted by molar-refractivity contribution is 0.717. The summed E-state index contributed by atoms with van der Waals surface area (Å²) in [5.41, 5.74) is 16.5. The summed E-state index contributed by atoms with van der Waals surface area (Å²) < 4.78 is 7.21. The highest BCUT2D eigenvalue weighted by atomic mass is 32.2. The van der Waals surface area contributed by atoms with Gasteiger partial charge < -0.3 is 13.7 Å². The predicted octanol–water partition coefficient (Wildman–Crippen LogP) is 15.1. The average Bonchev–Trinajstić information content (AvgIpc) is 4.10. The fraction of sp³-hybridized carbons (Fsp3) is 0.0167. The van der Waals surface area contributed by atoms with Gasteiger partial charge in [-0.3, -0.25) is 9.97 Å². The van der Waals surface area contributed by atoms with Crippen LogP contribution >= 0.6 is 11.8 Å². The Kier molecular flexibility index (Phi) is 7.34. The smallest absolute Gasteiger partial charge is 0.188 e. The van der Waals surface area contributed by atoms with E-state index < -0.39 is 5.41 Å². The van der Waals surface area contributed by atoms with Gasteiger partial charge >= 0.3 is 0 Å². The first-order valence-electron chi connectivity index (χ1n) is 22.5. The maximum atomic E-state index is 7.80. The summed E-state index contributed by atoms with van der Waals surface area (Å²) in [4.78, 5) is 16.4. The van der Waals surface area contributed by atoms with Gasteiger partial charge in [-0.15, -0.1) is 0 Å². The molecule has 0 bridgehead atoms. The van der Waals surface area contributed by atoms with Crippen molar-refractivity contribution in [3.05, 3.63) is 240 Å². The van der Waals surface area contributed by atoms with Crippen LogP contribution in [0, 0.1) is 6.57 Å². The van der Waals surface area contributed by atoms with Crippen LogP contribution in [0.2, 0.25) is 0 Å². The van der Waals surface area contributed by atoms with E-state index in [9.17, 15) is 0 Å². The zero-order valence-corrected chi connectivity index (χ0v) is 36.5. The summed E-state index contributed by atoms with van der Waals surface area (Å²) in [6.07, 6.45) is 3.79. The Bertz CT molecular complexity index is 4250. The van der Waals surface area contributed by atoms with E-state index in [1.807, 2.05) is 36.3 Å². The Morgan fingerprint density at radius 2 is 0.776 bits per heavy atom. The van der Waals surface area contributed by atoms with Crippen molar-refractivity contribution in [1.29, 1.82) is 0 Å². The zero-order chi connectivity index (χ0) is 44.0. The Labute approximate surface area is 388 Å². The highest BCUT2D eigenvalue weighted by molar-refractivity contribution is 7.99. The first kappa shape index (κ1) is 36.6. The Balaban J connectivity index is 0.989. The molecule has 1 spiro atoms. The molecule has 0 N–H and O–H groups in total. The molecule has 1 aliphatic carbocycles. The summed E-state index contributed by atoms with van der Waals surface area (Å²) >= 11 is 1.83. The normalized spacial score (nSPS) is 13.4. The number of hydrogen-bond acceptors (Lipinski definition) is 3. The average molecular weight is 871 g/mol. The van der Waals surface area contributed by atoms with Crippen LogP contribution in [0.25, 0.3) is 98.7 Å². The molecule has 6 heterocycles. The van der Waals surface area contributed by atoms with Gasteiger partial charge in [0, 0.05) is 66.2 Å². The zero-order valence-electron chi connectivity index (χ0n) is 35.7. The molecular formula is C60H34N6S. The molecule has 67 heavy (non-hydrogen) atoms. The second kappa shape index (κ2) is 13.4. The van der Waals surface area contributed by atoms with Gasteiger partial charge in [-0.2, -0.15) is 0 Å². The minimum atomic E-state index is -0.729. The second-order valence-corrected chi connectivity index (χ2v) is 18.7. The number of nitrogens with zero attached hydrogens (tertiary/aromatic N) is 6. The van der Waals surface area contributed by atoms with E-state index in [-0.39, 0.29) is 0 Å². The van der Waals surface area contributed by atoms with E-state index in [2.05, 4.69) is 201 Å². The highest BCUT2D eigenvalue weighted by Crippen LogP contribution is 2.62. The topological polar surface area (TPSA) is 44.9 Å². The van der Waals surface area contributed by atoms with Crippen LogP contribution in [0.4, 0.5) is 5.69 Å². The highest BCUT2D eigenvalue weighted by Gasteiger charge is 2.52. The summed E-state index contributed by atoms with van der Waals surface area (Å²) in [5, 5.41) is 7.10. The third-order valence-corrected chi connectivity index (χ3v) is 15.5. The summed E-state index contributed by atoms with van der Waals surface area (Å²) in [7, 11) is 0. The lowest BCUT2D eigenvalue weighted by Crippen LogP contribution is -2.32. The van der Waals surface area contributed by atoms with Crippen LogP contribution in [0.3, 0.4) is 0 Å². The van der Waals surface area contributed by atoms with Crippen molar-refractivity contribution in [2.45, 2.75) is 15.2 Å². The molecule has 5 aromatic heterocycles. The van der Waals surface area contributed by atoms with Gasteiger partial charge in [0.05, 0.1) is 56.5 Å². The minimum Gasteiger partial charge on any atom is -0.309 e. The molecule has 1 aliphatic heterocycles. The largest absolute Gasteiger partial charge is 0.309 e. The van der Waals surface area contributed by atoms with Gasteiger partial charge in [-0.1, -0.05) is 103 Å². The number of pyridine rings is 2. The summed E-state index contributed by atoms with van der Waals surface area (Å²) in [6.45, 7) is 7.80. The van der Waals surface area contributed by atoms with E-state index in [1.165, 1.54) is 53.5 Å². The molecule has 8 aromatic carbocycles. The number of para-hydroxylation sites is 4. The van der Waals surface area contributed by atoms with Crippen molar-refractivity contribution in [1.82, 2.24) is 23.7 Å². The van der Waals surface area contributed by atoms with Crippen LogP contribution in [0.5, 0.6) is 0 Å². The molecule has 0 fully saturated rings. The third-order valence-electron chi connectivity index (χ3n) is 14.4. The van der Waals surface area contributed by atoms with Gasteiger partial charge in [0.2, 0.25) is 0 Å². The number of aromatic nitrogens is 5. The Morgan fingerprint density at radius 1 is 0.373 bits per heavy atom. The van der Waals surface area contributed by atoms with E-state index in [0.717, 1.165) is 72.4 Å². The predicted molar refractivity (Wildman–Crippen MR) is 273 cm³/mol. The standard InChI is InChI=1S/C60H34N6S/c1-61-36-22-26-54-44(32-36)42-14-4-8-20-52(42)65(54)38-24-28-56-48(34-38)60(46-16-10-30-62-58(46)59-47(60)17-11-31-63-59)49-35-39(25-29-57(49)67-56)66-53-21-9-5-15-43(53)45-33-37(23-27-55(45)66)64-50-18-6-2-12-40(50)41-13-3-7-19-51(41)64/h2-35H. The van der Waals surface area contributed by atoms with Gasteiger partial charge in [0.25, 0.3) is 0 Å². The molecule has 2 aliphatic rings. The van der Waals surface area contributed by atoms with Gasteiger partial charge in [-0.25, -0.2) is 4.85 Å². The van der Waals surface area contributed by atoms with Crippen molar-refractivity contribution in [3.63, 3.8) is 0 Å². The number of rotatable bonds is 3. The molecule has 0 atom stereocenters. The molecule has 0 saturated carbocycles. The van der Waals surface area contributed by atoms with Gasteiger partial charge in [-0.05, 0) is 131 Å². The summed E-state index contributed by atoms with van der Waals surface area (Å²) in [6, 6.07) is 70.5. The molecule has 7 heteroatoms. The Morgan fingerprint density at radius 3 is 1.27 bits per heavy atom. The van der Waals surface area contributed by atoms with Crippen molar-refractivity contribution in [2.24, 2.45) is 0 Å².